The lowest BCUT2D eigenvalue weighted by atomic mass is 9.85. The molecule has 0 aliphatic heterocycles. The fourth-order valence-corrected chi connectivity index (χ4v) is 2.95. The number of carbonyl (C=O) groups excluding carboxylic acids is 1. The molecule has 0 bridgehead atoms. The van der Waals surface area contributed by atoms with Crippen LogP contribution in [-0.2, 0) is 9.53 Å². The first-order valence-electron chi connectivity index (χ1n) is 6.05. The van der Waals surface area contributed by atoms with Gasteiger partial charge in [0.25, 0.3) is 0 Å². The summed E-state index contributed by atoms with van der Waals surface area (Å²) in [6, 6.07) is 8.01. The maximum atomic E-state index is 12.0. The average molecular weight is 297 g/mol. The molecule has 1 saturated carbocycles. The maximum Gasteiger partial charge on any atom is 0.313 e. The number of methoxy groups -OCH3 is 1. The number of ether oxygens (including phenoxy) is 1. The zero-order valence-corrected chi connectivity index (χ0v) is 11.6. The first kappa shape index (κ1) is 12.6. The van der Waals surface area contributed by atoms with Crippen molar-refractivity contribution in [2.24, 2.45) is 5.92 Å². The van der Waals surface area contributed by atoms with Crippen LogP contribution in [0.2, 0.25) is 0 Å². The van der Waals surface area contributed by atoms with Crippen LogP contribution in [0.15, 0.2) is 28.7 Å². The molecular formula is C14H17BrO2. The molecule has 17 heavy (non-hydrogen) atoms. The van der Waals surface area contributed by atoms with E-state index in [2.05, 4.69) is 15.9 Å². The van der Waals surface area contributed by atoms with Crippen LogP contribution < -0.4 is 0 Å². The van der Waals surface area contributed by atoms with Crippen LogP contribution >= 0.6 is 15.9 Å². The highest BCUT2D eigenvalue weighted by atomic mass is 79.9. The molecule has 2 rings (SSSR count). The highest BCUT2D eigenvalue weighted by molar-refractivity contribution is 9.10. The molecular weight excluding hydrogens is 280 g/mol. The van der Waals surface area contributed by atoms with Crippen LogP contribution in [0.25, 0.3) is 0 Å². The molecule has 1 aliphatic rings. The molecule has 1 aromatic carbocycles. The van der Waals surface area contributed by atoms with E-state index in [1.165, 1.54) is 20.0 Å². The Morgan fingerprint density at radius 1 is 1.29 bits per heavy atom. The predicted octanol–water partition coefficient (Wildman–Crippen LogP) is 3.90. The summed E-state index contributed by atoms with van der Waals surface area (Å²) in [7, 11) is 1.48. The minimum atomic E-state index is -0.0979. The largest absolute Gasteiger partial charge is 0.469 e. The van der Waals surface area contributed by atoms with Gasteiger partial charge in [0.1, 0.15) is 0 Å². The third-order valence-corrected chi connectivity index (χ3v) is 4.08. The van der Waals surface area contributed by atoms with Gasteiger partial charge in [0.15, 0.2) is 0 Å². The minimum absolute atomic E-state index is 0.0874. The predicted molar refractivity (Wildman–Crippen MR) is 70.9 cm³/mol. The molecule has 0 heterocycles. The number of halogens is 1. The molecule has 1 atom stereocenters. The normalized spacial score (nSPS) is 18.0. The average Bonchev–Trinajstić information content (AvgIpc) is 2.85. The van der Waals surface area contributed by atoms with E-state index < -0.39 is 0 Å². The molecule has 0 radical (unpaired) electrons. The van der Waals surface area contributed by atoms with E-state index in [1.807, 2.05) is 24.3 Å². The molecule has 1 fully saturated rings. The van der Waals surface area contributed by atoms with Gasteiger partial charge in [-0.1, -0.05) is 40.9 Å². The molecule has 0 N–H and O–H groups in total. The summed E-state index contributed by atoms with van der Waals surface area (Å²) in [6.45, 7) is 0. The monoisotopic (exact) mass is 296 g/mol. The summed E-state index contributed by atoms with van der Waals surface area (Å²) in [5.74, 6) is 0.262. The molecule has 92 valence electrons. The van der Waals surface area contributed by atoms with Crippen LogP contribution in [-0.4, -0.2) is 13.1 Å². The lowest BCUT2D eigenvalue weighted by molar-refractivity contribution is -0.143. The molecule has 0 spiro atoms. The van der Waals surface area contributed by atoms with Gasteiger partial charge >= 0.3 is 5.97 Å². The fourth-order valence-electron chi connectivity index (χ4n) is 2.69. The van der Waals surface area contributed by atoms with E-state index >= 15 is 0 Å². The quantitative estimate of drug-likeness (QED) is 0.791. The zero-order valence-electron chi connectivity index (χ0n) is 9.99. The number of rotatable bonds is 3. The topological polar surface area (TPSA) is 26.3 Å². The second-order valence-corrected chi connectivity index (χ2v) is 5.51. The van der Waals surface area contributed by atoms with E-state index in [4.69, 9.17) is 4.74 Å². The Kier molecular flexibility index (Phi) is 4.21. The summed E-state index contributed by atoms with van der Waals surface area (Å²) in [5.41, 5.74) is 1.08. The molecule has 1 aromatic rings. The van der Waals surface area contributed by atoms with Gasteiger partial charge in [-0.3, -0.25) is 4.79 Å². The minimum Gasteiger partial charge on any atom is -0.469 e. The smallest absolute Gasteiger partial charge is 0.313 e. The van der Waals surface area contributed by atoms with Crippen LogP contribution in [0, 0.1) is 5.92 Å². The van der Waals surface area contributed by atoms with Gasteiger partial charge < -0.3 is 4.74 Å². The summed E-state index contributed by atoms with van der Waals surface area (Å²) >= 11 is 3.42. The lowest BCUT2D eigenvalue weighted by Crippen LogP contribution is -2.21. The molecule has 0 amide bonds. The van der Waals surface area contributed by atoms with Gasteiger partial charge in [-0.15, -0.1) is 0 Å². The SMILES string of the molecule is COC(=O)[C@@H](c1ccc(Br)cc1)C1CCCC1. The van der Waals surface area contributed by atoms with Gasteiger partial charge in [-0.25, -0.2) is 0 Å². The van der Waals surface area contributed by atoms with Crippen molar-refractivity contribution in [1.82, 2.24) is 0 Å². The summed E-state index contributed by atoms with van der Waals surface area (Å²) in [6.07, 6.45) is 4.73. The van der Waals surface area contributed by atoms with E-state index in [-0.39, 0.29) is 11.9 Å². The number of esters is 1. The Balaban J connectivity index is 2.25. The Morgan fingerprint density at radius 3 is 2.41 bits per heavy atom. The number of carbonyl (C=O) groups is 1. The number of benzene rings is 1. The molecule has 3 heteroatoms. The van der Waals surface area contributed by atoms with Crippen molar-refractivity contribution in [2.45, 2.75) is 31.6 Å². The maximum absolute atomic E-state index is 12.0. The van der Waals surface area contributed by atoms with Crippen LogP contribution in [0.3, 0.4) is 0 Å². The van der Waals surface area contributed by atoms with Crippen molar-refractivity contribution in [3.8, 4) is 0 Å². The number of hydrogen-bond acceptors (Lipinski definition) is 2. The summed E-state index contributed by atoms with van der Waals surface area (Å²) in [4.78, 5) is 12.0. The summed E-state index contributed by atoms with van der Waals surface area (Å²) in [5, 5.41) is 0. The van der Waals surface area contributed by atoms with Gasteiger partial charge in [0.2, 0.25) is 0 Å². The van der Waals surface area contributed by atoms with Crippen LogP contribution in [0.5, 0.6) is 0 Å². The van der Waals surface area contributed by atoms with Crippen molar-refractivity contribution in [1.29, 1.82) is 0 Å². The van der Waals surface area contributed by atoms with Gasteiger partial charge in [0, 0.05) is 4.47 Å². The third kappa shape index (κ3) is 2.89. The molecule has 1 aliphatic carbocycles. The Hall–Kier alpha value is -0.830. The van der Waals surface area contributed by atoms with E-state index in [0.29, 0.717) is 5.92 Å². The van der Waals surface area contributed by atoms with E-state index in [9.17, 15) is 4.79 Å². The molecule has 2 nitrogen and oxygen atoms in total. The van der Waals surface area contributed by atoms with Gasteiger partial charge in [-0.2, -0.15) is 0 Å². The molecule has 0 aromatic heterocycles. The highest BCUT2D eigenvalue weighted by Crippen LogP contribution is 2.38. The Bertz CT molecular complexity index is 380. The van der Waals surface area contributed by atoms with Crippen molar-refractivity contribution in [3.05, 3.63) is 34.3 Å². The second-order valence-electron chi connectivity index (χ2n) is 4.60. The molecule has 0 unspecified atom stereocenters. The fraction of sp³-hybridized carbons (Fsp3) is 0.500. The third-order valence-electron chi connectivity index (χ3n) is 3.56. The Labute approximate surface area is 110 Å². The van der Waals surface area contributed by atoms with E-state index in [0.717, 1.165) is 22.9 Å². The highest BCUT2D eigenvalue weighted by Gasteiger charge is 2.32. The van der Waals surface area contributed by atoms with Crippen molar-refractivity contribution >= 4 is 21.9 Å². The van der Waals surface area contributed by atoms with Crippen molar-refractivity contribution < 1.29 is 9.53 Å². The second kappa shape index (κ2) is 5.67. The lowest BCUT2D eigenvalue weighted by Gasteiger charge is -2.21. The van der Waals surface area contributed by atoms with Gasteiger partial charge in [-0.05, 0) is 36.5 Å². The first-order chi connectivity index (χ1) is 8.22. The number of hydrogen-bond donors (Lipinski definition) is 0. The van der Waals surface area contributed by atoms with Crippen molar-refractivity contribution in [2.75, 3.05) is 7.11 Å². The first-order valence-corrected chi connectivity index (χ1v) is 6.85. The van der Waals surface area contributed by atoms with Crippen LogP contribution in [0.1, 0.15) is 37.2 Å². The standard InChI is InChI=1S/C14H17BrO2/c1-17-14(16)13(10-4-2-3-5-10)11-6-8-12(15)9-7-11/h6-10,13H,2-5H2,1H3/t13-/m1/s1. The molecule has 0 saturated heterocycles. The van der Waals surface area contributed by atoms with Crippen molar-refractivity contribution in [3.63, 3.8) is 0 Å². The van der Waals surface area contributed by atoms with E-state index in [1.54, 1.807) is 0 Å². The van der Waals surface area contributed by atoms with Crippen LogP contribution in [0.4, 0.5) is 0 Å². The zero-order chi connectivity index (χ0) is 12.3. The van der Waals surface area contributed by atoms with Gasteiger partial charge in [0.05, 0.1) is 13.0 Å². The Morgan fingerprint density at radius 2 is 1.88 bits per heavy atom. The summed E-state index contributed by atoms with van der Waals surface area (Å²) < 4.78 is 6.00.